The van der Waals surface area contributed by atoms with E-state index in [0.717, 1.165) is 25.5 Å². The molecule has 1 aliphatic carbocycles. The van der Waals surface area contributed by atoms with E-state index in [1.165, 1.54) is 0 Å². The quantitative estimate of drug-likeness (QED) is 0.647. The molecule has 0 amide bonds. The Hall–Kier alpha value is -0.130. The number of methoxy groups -OCH3 is 1. The van der Waals surface area contributed by atoms with Gasteiger partial charge in [0.05, 0.1) is 18.5 Å². The van der Waals surface area contributed by atoms with Crippen LogP contribution in [-0.4, -0.2) is 34.0 Å². The summed E-state index contributed by atoms with van der Waals surface area (Å²) in [6, 6.07) is 0. The predicted octanol–water partition coefficient (Wildman–Crippen LogP) is 0.920. The Morgan fingerprint density at radius 2 is 1.85 bits per heavy atom. The minimum Gasteiger partial charge on any atom is -0.381 e. The van der Waals surface area contributed by atoms with Gasteiger partial charge in [0, 0.05) is 13.5 Å². The molecule has 0 aliphatic heterocycles. The molecule has 0 heterocycles. The number of rotatable bonds is 3. The van der Waals surface area contributed by atoms with Crippen LogP contribution >= 0.6 is 0 Å². The molecule has 0 aromatic rings. The maximum Gasteiger partial charge on any atom is 0.264 e. The van der Waals surface area contributed by atoms with E-state index in [9.17, 15) is 8.42 Å². The van der Waals surface area contributed by atoms with Crippen LogP contribution in [0.4, 0.5) is 0 Å². The molecule has 13 heavy (non-hydrogen) atoms. The fourth-order valence-electron chi connectivity index (χ4n) is 1.65. The molecule has 0 N–H and O–H groups in total. The van der Waals surface area contributed by atoms with Crippen molar-refractivity contribution in [1.82, 2.24) is 0 Å². The SMILES string of the molecule is COC1CCCC(OS(C)(=O)=O)C1. The van der Waals surface area contributed by atoms with Crippen LogP contribution in [-0.2, 0) is 19.0 Å². The highest BCUT2D eigenvalue weighted by molar-refractivity contribution is 7.86. The highest BCUT2D eigenvalue weighted by Gasteiger charge is 2.24. The third-order valence-electron chi connectivity index (χ3n) is 2.22. The van der Waals surface area contributed by atoms with Crippen molar-refractivity contribution in [2.75, 3.05) is 13.4 Å². The molecule has 0 aromatic carbocycles. The van der Waals surface area contributed by atoms with E-state index < -0.39 is 10.1 Å². The molecule has 1 fully saturated rings. The molecule has 5 heteroatoms. The molecule has 0 spiro atoms. The first-order chi connectivity index (χ1) is 6.01. The van der Waals surface area contributed by atoms with Crippen LogP contribution in [0.2, 0.25) is 0 Å². The molecule has 1 saturated carbocycles. The van der Waals surface area contributed by atoms with Crippen molar-refractivity contribution < 1.29 is 17.3 Å². The van der Waals surface area contributed by atoms with Gasteiger partial charge in [-0.3, -0.25) is 4.18 Å². The summed E-state index contributed by atoms with van der Waals surface area (Å²) >= 11 is 0. The summed E-state index contributed by atoms with van der Waals surface area (Å²) in [4.78, 5) is 0. The van der Waals surface area contributed by atoms with Gasteiger partial charge in [-0.05, 0) is 19.3 Å². The van der Waals surface area contributed by atoms with Crippen LogP contribution in [0.25, 0.3) is 0 Å². The Bertz CT molecular complexity index is 247. The van der Waals surface area contributed by atoms with Crippen LogP contribution in [0.5, 0.6) is 0 Å². The topological polar surface area (TPSA) is 52.6 Å². The predicted molar refractivity (Wildman–Crippen MR) is 49.0 cm³/mol. The molecule has 2 atom stereocenters. The zero-order valence-corrected chi connectivity index (χ0v) is 8.84. The van der Waals surface area contributed by atoms with E-state index in [1.54, 1.807) is 7.11 Å². The first-order valence-electron chi connectivity index (χ1n) is 4.42. The van der Waals surface area contributed by atoms with Crippen molar-refractivity contribution in [2.24, 2.45) is 0 Å². The van der Waals surface area contributed by atoms with Gasteiger partial charge in [-0.25, -0.2) is 0 Å². The second kappa shape index (κ2) is 4.39. The minimum absolute atomic E-state index is 0.153. The largest absolute Gasteiger partial charge is 0.381 e. The van der Waals surface area contributed by atoms with Crippen LogP contribution in [0, 0.1) is 0 Å². The van der Waals surface area contributed by atoms with Gasteiger partial charge in [-0.15, -0.1) is 0 Å². The molecule has 2 unspecified atom stereocenters. The summed E-state index contributed by atoms with van der Waals surface area (Å²) in [7, 11) is -1.66. The maximum absolute atomic E-state index is 10.8. The summed E-state index contributed by atoms with van der Waals surface area (Å²) < 4.78 is 31.7. The summed E-state index contributed by atoms with van der Waals surface area (Å²) in [5.74, 6) is 0. The lowest BCUT2D eigenvalue weighted by molar-refractivity contribution is 0.0236. The third kappa shape index (κ3) is 4.06. The summed E-state index contributed by atoms with van der Waals surface area (Å²) in [5.41, 5.74) is 0. The smallest absolute Gasteiger partial charge is 0.264 e. The fraction of sp³-hybridized carbons (Fsp3) is 1.00. The van der Waals surface area contributed by atoms with E-state index in [2.05, 4.69) is 0 Å². The van der Waals surface area contributed by atoms with Gasteiger partial charge in [0.25, 0.3) is 10.1 Å². The maximum atomic E-state index is 10.8. The summed E-state index contributed by atoms with van der Waals surface area (Å²) in [6.45, 7) is 0. The molecule has 78 valence electrons. The van der Waals surface area contributed by atoms with Crippen molar-refractivity contribution >= 4 is 10.1 Å². The zero-order valence-electron chi connectivity index (χ0n) is 8.02. The van der Waals surface area contributed by atoms with Gasteiger partial charge in [-0.1, -0.05) is 0 Å². The van der Waals surface area contributed by atoms with E-state index >= 15 is 0 Å². The molecular formula is C8H16O4S. The van der Waals surface area contributed by atoms with Gasteiger partial charge in [0.2, 0.25) is 0 Å². The second-order valence-corrected chi connectivity index (χ2v) is 5.05. The van der Waals surface area contributed by atoms with E-state index in [4.69, 9.17) is 8.92 Å². The standard InChI is InChI=1S/C8H16O4S/c1-11-7-4-3-5-8(6-7)12-13(2,9)10/h7-8H,3-6H2,1-2H3. The minimum atomic E-state index is -3.31. The molecule has 1 rings (SSSR count). The summed E-state index contributed by atoms with van der Waals surface area (Å²) in [5, 5.41) is 0. The molecule has 1 aliphatic rings. The fourth-order valence-corrected chi connectivity index (χ4v) is 2.32. The Morgan fingerprint density at radius 1 is 1.23 bits per heavy atom. The molecule has 0 saturated heterocycles. The monoisotopic (exact) mass is 208 g/mol. The van der Waals surface area contributed by atoms with Gasteiger partial charge in [0.1, 0.15) is 0 Å². The molecule has 4 nitrogen and oxygen atoms in total. The van der Waals surface area contributed by atoms with Gasteiger partial charge in [-0.2, -0.15) is 8.42 Å². The Kier molecular flexibility index (Phi) is 3.70. The van der Waals surface area contributed by atoms with Crippen molar-refractivity contribution in [3.05, 3.63) is 0 Å². The van der Waals surface area contributed by atoms with Gasteiger partial charge in [0.15, 0.2) is 0 Å². The lowest BCUT2D eigenvalue weighted by Crippen LogP contribution is -2.29. The van der Waals surface area contributed by atoms with Crippen LogP contribution in [0.15, 0.2) is 0 Å². The number of ether oxygens (including phenoxy) is 1. The lowest BCUT2D eigenvalue weighted by atomic mass is 9.95. The van der Waals surface area contributed by atoms with Gasteiger partial charge >= 0.3 is 0 Å². The average Bonchev–Trinajstić information content (AvgIpc) is 2.01. The van der Waals surface area contributed by atoms with Crippen LogP contribution < -0.4 is 0 Å². The molecular weight excluding hydrogens is 192 g/mol. The van der Waals surface area contributed by atoms with Gasteiger partial charge < -0.3 is 4.74 Å². The summed E-state index contributed by atoms with van der Waals surface area (Å²) in [6.07, 6.45) is 4.52. The lowest BCUT2D eigenvalue weighted by Gasteiger charge is -2.26. The highest BCUT2D eigenvalue weighted by Crippen LogP contribution is 2.23. The highest BCUT2D eigenvalue weighted by atomic mass is 32.2. The Balaban J connectivity index is 2.43. The normalized spacial score (nSPS) is 30.3. The Morgan fingerprint density at radius 3 is 2.38 bits per heavy atom. The average molecular weight is 208 g/mol. The van der Waals surface area contributed by atoms with Crippen molar-refractivity contribution in [3.8, 4) is 0 Å². The van der Waals surface area contributed by atoms with E-state index in [-0.39, 0.29) is 12.2 Å². The van der Waals surface area contributed by atoms with Crippen molar-refractivity contribution in [2.45, 2.75) is 37.9 Å². The molecule has 0 radical (unpaired) electrons. The third-order valence-corrected chi connectivity index (χ3v) is 2.84. The first kappa shape index (κ1) is 10.9. The zero-order chi connectivity index (χ0) is 9.90. The van der Waals surface area contributed by atoms with Crippen molar-refractivity contribution in [3.63, 3.8) is 0 Å². The number of hydrogen-bond donors (Lipinski definition) is 0. The van der Waals surface area contributed by atoms with Crippen molar-refractivity contribution in [1.29, 1.82) is 0 Å². The van der Waals surface area contributed by atoms with E-state index in [1.807, 2.05) is 0 Å². The Labute approximate surface area is 79.3 Å². The molecule has 0 aromatic heterocycles. The number of hydrogen-bond acceptors (Lipinski definition) is 4. The van der Waals surface area contributed by atoms with E-state index in [0.29, 0.717) is 6.42 Å². The molecule has 0 bridgehead atoms. The van der Waals surface area contributed by atoms with Crippen LogP contribution in [0.1, 0.15) is 25.7 Å². The second-order valence-electron chi connectivity index (χ2n) is 3.45. The van der Waals surface area contributed by atoms with Crippen LogP contribution in [0.3, 0.4) is 0 Å². The first-order valence-corrected chi connectivity index (χ1v) is 6.24.